The number of carbonyl (C=O) groups excluding carboxylic acids is 1. The van der Waals surface area contributed by atoms with Crippen molar-refractivity contribution in [1.82, 2.24) is 5.32 Å². The van der Waals surface area contributed by atoms with Crippen LogP contribution >= 0.6 is 11.6 Å². The predicted molar refractivity (Wildman–Crippen MR) is 110 cm³/mol. The highest BCUT2D eigenvalue weighted by Gasteiger charge is 2.20. The molecule has 2 aromatic rings. The molecular formula is C22H26ClNO5. The Kier molecular flexibility index (Phi) is 7.36. The molecular weight excluding hydrogens is 394 g/mol. The summed E-state index contributed by atoms with van der Waals surface area (Å²) in [6.07, 6.45) is 2.01. The Labute approximate surface area is 175 Å². The molecule has 0 heterocycles. The van der Waals surface area contributed by atoms with Crippen LogP contribution in [0.25, 0.3) is 0 Å². The lowest BCUT2D eigenvalue weighted by atomic mass is 9.88. The number of phenolic OH excluding ortho intramolecular Hbond substituents is 1. The second-order valence-electron chi connectivity index (χ2n) is 7.10. The van der Waals surface area contributed by atoms with Crippen LogP contribution in [0.4, 0.5) is 0 Å². The Morgan fingerprint density at radius 3 is 2.86 bits per heavy atom. The first-order valence-electron chi connectivity index (χ1n) is 9.76. The molecule has 0 saturated heterocycles. The third-order valence-electron chi connectivity index (χ3n) is 5.02. The van der Waals surface area contributed by atoms with Crippen molar-refractivity contribution in [3.63, 3.8) is 0 Å². The maximum atomic E-state index is 11.5. The summed E-state index contributed by atoms with van der Waals surface area (Å²) in [5, 5.41) is 23.5. The van der Waals surface area contributed by atoms with Gasteiger partial charge in [0.2, 0.25) is 0 Å². The number of aryl methyl sites for hydroxylation is 1. The van der Waals surface area contributed by atoms with Gasteiger partial charge >= 0.3 is 5.97 Å². The van der Waals surface area contributed by atoms with Crippen LogP contribution in [-0.2, 0) is 22.4 Å². The molecule has 3 N–H and O–H groups in total. The molecule has 2 atom stereocenters. The summed E-state index contributed by atoms with van der Waals surface area (Å²) in [5.74, 6) is 0.268. The molecule has 0 bridgehead atoms. The quantitative estimate of drug-likeness (QED) is 0.569. The van der Waals surface area contributed by atoms with Crippen LogP contribution in [0.1, 0.15) is 36.1 Å². The van der Waals surface area contributed by atoms with Crippen molar-refractivity contribution in [2.45, 2.75) is 38.3 Å². The number of carbonyl (C=O) groups is 1. The summed E-state index contributed by atoms with van der Waals surface area (Å²) < 4.78 is 10.4. The molecule has 0 aromatic heterocycles. The summed E-state index contributed by atoms with van der Waals surface area (Å²) >= 11 is 5.92. The fourth-order valence-electron chi connectivity index (χ4n) is 3.47. The second kappa shape index (κ2) is 9.96. The molecule has 0 amide bonds. The smallest absolute Gasteiger partial charge is 0.344 e. The lowest BCUT2D eigenvalue weighted by Gasteiger charge is -2.27. The molecule has 1 unspecified atom stereocenters. The van der Waals surface area contributed by atoms with Crippen LogP contribution in [0.2, 0.25) is 5.02 Å². The summed E-state index contributed by atoms with van der Waals surface area (Å²) in [7, 11) is 0. The summed E-state index contributed by atoms with van der Waals surface area (Å²) in [5.41, 5.74) is 3.11. The van der Waals surface area contributed by atoms with E-state index in [1.807, 2.05) is 18.2 Å². The largest absolute Gasteiger partial charge is 0.506 e. The zero-order chi connectivity index (χ0) is 20.8. The summed E-state index contributed by atoms with van der Waals surface area (Å²) in [6.45, 7) is 2.38. The van der Waals surface area contributed by atoms with Gasteiger partial charge in [-0.3, -0.25) is 0 Å². The minimum atomic E-state index is -0.714. The van der Waals surface area contributed by atoms with Crippen molar-refractivity contribution in [2.75, 3.05) is 19.8 Å². The minimum absolute atomic E-state index is 0.000410. The normalized spacial score (nSPS) is 16.7. The summed E-state index contributed by atoms with van der Waals surface area (Å²) in [4.78, 5) is 11.5. The topological polar surface area (TPSA) is 88.0 Å². The van der Waals surface area contributed by atoms with Gasteiger partial charge in [0.1, 0.15) is 11.5 Å². The van der Waals surface area contributed by atoms with Gasteiger partial charge in [-0.1, -0.05) is 23.7 Å². The molecule has 0 radical (unpaired) electrons. The van der Waals surface area contributed by atoms with E-state index in [0.29, 0.717) is 24.5 Å². The highest BCUT2D eigenvalue weighted by Crippen LogP contribution is 2.28. The van der Waals surface area contributed by atoms with E-state index in [0.717, 1.165) is 19.3 Å². The number of ether oxygens (including phenoxy) is 2. The van der Waals surface area contributed by atoms with E-state index in [1.165, 1.54) is 17.2 Å². The van der Waals surface area contributed by atoms with Crippen LogP contribution < -0.4 is 10.1 Å². The molecule has 1 aliphatic rings. The third kappa shape index (κ3) is 5.85. The van der Waals surface area contributed by atoms with Crippen LogP contribution in [-0.4, -0.2) is 42.0 Å². The molecule has 0 aliphatic heterocycles. The Morgan fingerprint density at radius 1 is 1.28 bits per heavy atom. The molecule has 6 nitrogen and oxygen atoms in total. The van der Waals surface area contributed by atoms with Gasteiger partial charge in [-0.25, -0.2) is 4.79 Å². The third-order valence-corrected chi connectivity index (χ3v) is 5.33. The molecule has 7 heteroatoms. The average Bonchev–Trinajstić information content (AvgIpc) is 2.72. The number of fused-ring (bicyclic) bond motifs is 1. The monoisotopic (exact) mass is 419 g/mol. The molecule has 0 spiro atoms. The molecule has 1 aliphatic carbocycles. The lowest BCUT2D eigenvalue weighted by Crippen LogP contribution is -2.37. The highest BCUT2D eigenvalue weighted by molar-refractivity contribution is 6.32. The van der Waals surface area contributed by atoms with Gasteiger partial charge in [-0.15, -0.1) is 0 Å². The second-order valence-corrected chi connectivity index (χ2v) is 7.51. The molecule has 3 rings (SSSR count). The lowest BCUT2D eigenvalue weighted by molar-refractivity contribution is -0.145. The maximum absolute atomic E-state index is 11.5. The number of benzene rings is 2. The first kappa shape index (κ1) is 21.4. The first-order valence-corrected chi connectivity index (χ1v) is 10.1. The number of phenols is 1. The van der Waals surface area contributed by atoms with Crippen LogP contribution in [0.3, 0.4) is 0 Å². The van der Waals surface area contributed by atoms with Crippen molar-refractivity contribution in [2.24, 2.45) is 0 Å². The highest BCUT2D eigenvalue weighted by atomic mass is 35.5. The minimum Gasteiger partial charge on any atom is -0.506 e. The number of halogens is 1. The Bertz CT molecular complexity index is 857. The van der Waals surface area contributed by atoms with Crippen molar-refractivity contribution >= 4 is 17.6 Å². The fourth-order valence-corrected chi connectivity index (χ4v) is 3.66. The zero-order valence-corrected chi connectivity index (χ0v) is 17.1. The van der Waals surface area contributed by atoms with E-state index in [9.17, 15) is 15.0 Å². The van der Waals surface area contributed by atoms with E-state index >= 15 is 0 Å². The van der Waals surface area contributed by atoms with Crippen molar-refractivity contribution in [3.8, 4) is 11.5 Å². The van der Waals surface area contributed by atoms with Gasteiger partial charge in [-0.05, 0) is 67.1 Å². The SMILES string of the molecule is CCOC(=O)COc1ccc2c(c1)C[C@@H](NCC(O)c1ccc(O)c(Cl)c1)CC2. The number of aromatic hydroxyl groups is 1. The maximum Gasteiger partial charge on any atom is 0.344 e. The number of aliphatic hydroxyl groups is 1. The molecule has 156 valence electrons. The van der Waals surface area contributed by atoms with Gasteiger partial charge < -0.3 is 25.0 Å². The van der Waals surface area contributed by atoms with Gasteiger partial charge in [0, 0.05) is 12.6 Å². The van der Waals surface area contributed by atoms with Gasteiger partial charge in [0.05, 0.1) is 17.7 Å². The van der Waals surface area contributed by atoms with Gasteiger partial charge in [-0.2, -0.15) is 0 Å². The van der Waals surface area contributed by atoms with E-state index in [1.54, 1.807) is 19.1 Å². The number of nitrogens with one attached hydrogen (secondary N) is 1. The number of rotatable bonds is 8. The number of aliphatic hydroxyl groups excluding tert-OH is 1. The standard InChI is InChI=1S/C22H26ClNO5/c1-2-28-22(27)13-29-18-7-4-14-3-6-17(9-16(14)10-18)24-12-21(26)15-5-8-20(25)19(23)11-15/h4-5,7-8,10-11,17,21,24-26H,2-3,6,9,12-13H2,1H3/t17-,21?/m0/s1. The average molecular weight is 420 g/mol. The molecule has 0 saturated carbocycles. The molecule has 29 heavy (non-hydrogen) atoms. The van der Waals surface area contributed by atoms with E-state index in [4.69, 9.17) is 21.1 Å². The van der Waals surface area contributed by atoms with Gasteiger partial charge in [0.25, 0.3) is 0 Å². The molecule has 2 aromatic carbocycles. The van der Waals surface area contributed by atoms with Crippen molar-refractivity contribution < 1.29 is 24.5 Å². The Hall–Kier alpha value is -2.28. The number of esters is 1. The Balaban J connectivity index is 1.54. The fraction of sp³-hybridized carbons (Fsp3) is 0.409. The van der Waals surface area contributed by atoms with E-state index in [2.05, 4.69) is 5.32 Å². The van der Waals surface area contributed by atoms with Crippen LogP contribution in [0, 0.1) is 0 Å². The van der Waals surface area contributed by atoms with Gasteiger partial charge in [0.15, 0.2) is 6.61 Å². The first-order chi connectivity index (χ1) is 14.0. The van der Waals surface area contributed by atoms with E-state index < -0.39 is 6.10 Å². The van der Waals surface area contributed by atoms with Crippen LogP contribution in [0.15, 0.2) is 36.4 Å². The molecule has 0 fully saturated rings. The van der Waals surface area contributed by atoms with Crippen molar-refractivity contribution in [3.05, 3.63) is 58.1 Å². The van der Waals surface area contributed by atoms with Crippen molar-refractivity contribution in [1.29, 1.82) is 0 Å². The number of hydrogen-bond acceptors (Lipinski definition) is 6. The van der Waals surface area contributed by atoms with E-state index in [-0.39, 0.29) is 29.4 Å². The Morgan fingerprint density at radius 2 is 2.10 bits per heavy atom. The van der Waals surface area contributed by atoms with Crippen LogP contribution in [0.5, 0.6) is 11.5 Å². The zero-order valence-electron chi connectivity index (χ0n) is 16.4. The number of hydrogen-bond donors (Lipinski definition) is 3. The predicted octanol–water partition coefficient (Wildman–Crippen LogP) is 3.17. The summed E-state index contributed by atoms with van der Waals surface area (Å²) in [6, 6.07) is 10.8.